The van der Waals surface area contributed by atoms with E-state index < -0.39 is 0 Å². The minimum atomic E-state index is -0.317. The molecule has 17 heavy (non-hydrogen) atoms. The molecule has 1 amide bonds. The number of nitrogens with one attached hydrogen (secondary N) is 1. The van der Waals surface area contributed by atoms with Gasteiger partial charge in [-0.25, -0.2) is 0 Å². The van der Waals surface area contributed by atoms with Crippen molar-refractivity contribution in [1.82, 2.24) is 0 Å². The zero-order valence-electron chi connectivity index (χ0n) is 10.2. The van der Waals surface area contributed by atoms with Crippen molar-refractivity contribution >= 4 is 17.3 Å². The fourth-order valence-electron chi connectivity index (χ4n) is 1.97. The molecule has 1 saturated heterocycles. The van der Waals surface area contributed by atoms with Gasteiger partial charge in [0.05, 0.1) is 6.10 Å². The summed E-state index contributed by atoms with van der Waals surface area (Å²) in [5, 5.41) is 2.85. The first kappa shape index (κ1) is 11.9. The maximum Gasteiger partial charge on any atom is 0.253 e. The van der Waals surface area contributed by atoms with Crippen molar-refractivity contribution in [3.63, 3.8) is 0 Å². The zero-order valence-corrected chi connectivity index (χ0v) is 10.2. The van der Waals surface area contributed by atoms with Gasteiger partial charge >= 0.3 is 0 Å². The molecular formula is C13H18N2O2. The summed E-state index contributed by atoms with van der Waals surface area (Å²) in [6.45, 7) is 3.90. The molecule has 0 aliphatic carbocycles. The number of amides is 1. The average Bonchev–Trinajstić information content (AvgIpc) is 2.70. The van der Waals surface area contributed by atoms with E-state index in [4.69, 9.17) is 10.5 Å². The largest absolute Gasteiger partial charge is 0.399 e. The predicted octanol–water partition coefficient (Wildman–Crippen LogP) is 2.08. The van der Waals surface area contributed by atoms with E-state index in [-0.39, 0.29) is 18.1 Å². The number of ether oxygens (including phenoxy) is 1. The van der Waals surface area contributed by atoms with E-state index in [1.807, 2.05) is 19.9 Å². The van der Waals surface area contributed by atoms with Gasteiger partial charge in [0, 0.05) is 11.4 Å². The molecular weight excluding hydrogens is 216 g/mol. The highest BCUT2D eigenvalue weighted by atomic mass is 16.5. The normalized spacial score (nSPS) is 23.6. The molecule has 0 bridgehead atoms. The molecule has 1 aliphatic rings. The summed E-state index contributed by atoms with van der Waals surface area (Å²) < 4.78 is 5.51. The molecule has 92 valence electrons. The third-order valence-electron chi connectivity index (χ3n) is 3.06. The van der Waals surface area contributed by atoms with Crippen LogP contribution in [0.5, 0.6) is 0 Å². The van der Waals surface area contributed by atoms with Gasteiger partial charge in [0.1, 0.15) is 6.10 Å². The molecule has 1 aromatic rings. The number of carbonyl (C=O) groups is 1. The van der Waals surface area contributed by atoms with Gasteiger partial charge in [0.15, 0.2) is 0 Å². The molecule has 4 nitrogen and oxygen atoms in total. The number of nitrogen functional groups attached to an aromatic ring is 1. The third-order valence-corrected chi connectivity index (χ3v) is 3.06. The summed E-state index contributed by atoms with van der Waals surface area (Å²) in [5.41, 5.74) is 8.18. The van der Waals surface area contributed by atoms with Gasteiger partial charge in [-0.05, 0) is 50.5 Å². The van der Waals surface area contributed by atoms with Crippen LogP contribution in [0.4, 0.5) is 11.4 Å². The van der Waals surface area contributed by atoms with Crippen LogP contribution in [0.3, 0.4) is 0 Å². The maximum absolute atomic E-state index is 11.9. The van der Waals surface area contributed by atoms with E-state index in [1.165, 1.54) is 0 Å². The number of rotatable bonds is 2. The van der Waals surface area contributed by atoms with Gasteiger partial charge in [-0.2, -0.15) is 0 Å². The number of aryl methyl sites for hydroxylation is 1. The third kappa shape index (κ3) is 2.77. The van der Waals surface area contributed by atoms with Crippen molar-refractivity contribution in [2.24, 2.45) is 0 Å². The summed E-state index contributed by atoms with van der Waals surface area (Å²) in [5.74, 6) is -0.0708. The highest BCUT2D eigenvalue weighted by Crippen LogP contribution is 2.22. The molecule has 4 heteroatoms. The van der Waals surface area contributed by atoms with Crippen molar-refractivity contribution in [1.29, 1.82) is 0 Å². The summed E-state index contributed by atoms with van der Waals surface area (Å²) in [6.07, 6.45) is 1.60. The smallest absolute Gasteiger partial charge is 0.253 e. The van der Waals surface area contributed by atoms with Gasteiger partial charge < -0.3 is 15.8 Å². The van der Waals surface area contributed by atoms with Gasteiger partial charge in [-0.1, -0.05) is 0 Å². The van der Waals surface area contributed by atoms with Crippen LogP contribution in [-0.4, -0.2) is 18.1 Å². The van der Waals surface area contributed by atoms with Crippen LogP contribution < -0.4 is 11.1 Å². The molecule has 1 heterocycles. The minimum Gasteiger partial charge on any atom is -0.399 e. The molecule has 3 N–H and O–H groups in total. The average molecular weight is 234 g/mol. The Balaban J connectivity index is 2.00. The first-order chi connectivity index (χ1) is 8.06. The van der Waals surface area contributed by atoms with Crippen LogP contribution in [0.1, 0.15) is 25.3 Å². The molecule has 2 unspecified atom stereocenters. The Bertz CT molecular complexity index is 431. The molecule has 0 radical (unpaired) electrons. The van der Waals surface area contributed by atoms with Crippen LogP contribution >= 0.6 is 0 Å². The Morgan fingerprint density at radius 3 is 2.82 bits per heavy atom. The molecule has 2 rings (SSSR count). The fraction of sp³-hybridized carbons (Fsp3) is 0.462. The summed E-state index contributed by atoms with van der Waals surface area (Å²) in [6, 6.07) is 5.47. The van der Waals surface area contributed by atoms with E-state index in [2.05, 4.69) is 5.32 Å². The van der Waals surface area contributed by atoms with Crippen molar-refractivity contribution in [3.05, 3.63) is 23.8 Å². The molecule has 1 aliphatic heterocycles. The van der Waals surface area contributed by atoms with Gasteiger partial charge in [0.25, 0.3) is 5.91 Å². The van der Waals surface area contributed by atoms with Crippen LogP contribution in [-0.2, 0) is 9.53 Å². The summed E-state index contributed by atoms with van der Waals surface area (Å²) >= 11 is 0. The standard InChI is InChI=1S/C13H18N2O2/c1-8-7-10(4-5-11(8)14)15-13(16)12-6-3-9(2)17-12/h4-5,7,9,12H,3,6,14H2,1-2H3,(H,15,16). The van der Waals surface area contributed by atoms with Crippen LogP contribution in [0.25, 0.3) is 0 Å². The lowest BCUT2D eigenvalue weighted by Crippen LogP contribution is -2.27. The van der Waals surface area contributed by atoms with Gasteiger partial charge in [0.2, 0.25) is 0 Å². The Labute approximate surface area is 101 Å². The molecule has 0 spiro atoms. The summed E-state index contributed by atoms with van der Waals surface area (Å²) in [7, 11) is 0. The fourth-order valence-corrected chi connectivity index (χ4v) is 1.97. The predicted molar refractivity (Wildman–Crippen MR) is 67.8 cm³/mol. The van der Waals surface area contributed by atoms with Crippen LogP contribution in [0.2, 0.25) is 0 Å². The summed E-state index contributed by atoms with van der Waals surface area (Å²) in [4.78, 5) is 11.9. The van der Waals surface area contributed by atoms with Crippen LogP contribution in [0, 0.1) is 6.92 Å². The van der Waals surface area contributed by atoms with E-state index >= 15 is 0 Å². The Morgan fingerprint density at radius 1 is 1.47 bits per heavy atom. The van der Waals surface area contributed by atoms with Gasteiger partial charge in [-0.3, -0.25) is 4.79 Å². The lowest BCUT2D eigenvalue weighted by Gasteiger charge is -2.12. The van der Waals surface area contributed by atoms with Crippen molar-refractivity contribution in [2.45, 2.75) is 38.9 Å². The van der Waals surface area contributed by atoms with E-state index in [1.54, 1.807) is 12.1 Å². The van der Waals surface area contributed by atoms with Crippen molar-refractivity contribution < 1.29 is 9.53 Å². The Morgan fingerprint density at radius 2 is 2.24 bits per heavy atom. The van der Waals surface area contributed by atoms with Gasteiger partial charge in [-0.15, -0.1) is 0 Å². The highest BCUT2D eigenvalue weighted by Gasteiger charge is 2.28. The second-order valence-electron chi connectivity index (χ2n) is 4.57. The lowest BCUT2D eigenvalue weighted by molar-refractivity contribution is -0.126. The number of hydrogen-bond acceptors (Lipinski definition) is 3. The topological polar surface area (TPSA) is 64.3 Å². The quantitative estimate of drug-likeness (QED) is 0.770. The molecule has 0 saturated carbocycles. The first-order valence-corrected chi connectivity index (χ1v) is 5.88. The number of carbonyl (C=O) groups excluding carboxylic acids is 1. The van der Waals surface area contributed by atoms with E-state index in [9.17, 15) is 4.79 Å². The van der Waals surface area contributed by atoms with Crippen molar-refractivity contribution in [3.8, 4) is 0 Å². The first-order valence-electron chi connectivity index (χ1n) is 5.88. The zero-order chi connectivity index (χ0) is 12.4. The Hall–Kier alpha value is -1.55. The second-order valence-corrected chi connectivity index (χ2v) is 4.57. The minimum absolute atomic E-state index is 0.0708. The van der Waals surface area contributed by atoms with Crippen LogP contribution in [0.15, 0.2) is 18.2 Å². The molecule has 0 aromatic heterocycles. The molecule has 1 fully saturated rings. The number of anilines is 2. The lowest BCUT2D eigenvalue weighted by atomic mass is 10.1. The van der Waals surface area contributed by atoms with Crippen molar-refractivity contribution in [2.75, 3.05) is 11.1 Å². The Kier molecular flexibility index (Phi) is 3.33. The van der Waals surface area contributed by atoms with E-state index in [0.717, 1.165) is 29.8 Å². The number of nitrogens with two attached hydrogens (primary N) is 1. The number of benzene rings is 1. The number of hydrogen-bond donors (Lipinski definition) is 2. The molecule has 2 atom stereocenters. The molecule has 1 aromatic carbocycles. The monoisotopic (exact) mass is 234 g/mol. The van der Waals surface area contributed by atoms with E-state index in [0.29, 0.717) is 0 Å². The SMILES string of the molecule is Cc1cc(NC(=O)C2CCC(C)O2)ccc1N. The highest BCUT2D eigenvalue weighted by molar-refractivity contribution is 5.94. The maximum atomic E-state index is 11.9. The second kappa shape index (κ2) is 4.75.